The number of ether oxygens (including phenoxy) is 1. The molecule has 31 heavy (non-hydrogen) atoms. The van der Waals surface area contributed by atoms with Crippen LogP contribution in [0.25, 0.3) is 16.8 Å². The summed E-state index contributed by atoms with van der Waals surface area (Å²) in [6, 6.07) is 11.9. The van der Waals surface area contributed by atoms with Gasteiger partial charge >= 0.3 is 0 Å². The summed E-state index contributed by atoms with van der Waals surface area (Å²) in [5.74, 6) is 1.15. The summed E-state index contributed by atoms with van der Waals surface area (Å²) < 4.78 is 7.41. The third-order valence-corrected chi connectivity index (χ3v) is 5.56. The van der Waals surface area contributed by atoms with Crippen LogP contribution < -0.4 is 20.3 Å². The van der Waals surface area contributed by atoms with E-state index in [1.807, 2.05) is 36.5 Å². The summed E-state index contributed by atoms with van der Waals surface area (Å²) in [5, 5.41) is 12.5. The predicted octanol–water partition coefficient (Wildman–Crippen LogP) is 3.62. The van der Waals surface area contributed by atoms with E-state index in [0.717, 1.165) is 54.4 Å². The minimum atomic E-state index is 0.428. The lowest BCUT2D eigenvalue weighted by molar-refractivity contribution is 0.416. The Hall–Kier alpha value is -3.36. The normalized spacial score (nSPS) is 14.1. The van der Waals surface area contributed by atoms with Crippen molar-refractivity contribution in [1.29, 1.82) is 0 Å². The average molecular weight is 435 g/mol. The number of halogens is 1. The number of pyridine rings is 1. The topological polar surface area (TPSA) is 81.7 Å². The van der Waals surface area contributed by atoms with E-state index in [1.54, 1.807) is 24.0 Å². The first-order valence-corrected chi connectivity index (χ1v) is 10.4. The first kappa shape index (κ1) is 19.6. The van der Waals surface area contributed by atoms with Gasteiger partial charge in [-0.1, -0.05) is 17.7 Å². The standard InChI is InChI=1S/C22H21ClN7O/c1-31-20-12-15(29-10-7-24-8-11-29)5-6-18(20)27-22-25-14-17(23)21(28-22)16-13-26-30-9-3-2-4-19(16)30/h2-6,9,12-14H,7-8,10-11H2,1H3,(H,25,27,28). The van der Waals surface area contributed by atoms with Gasteiger partial charge in [0.25, 0.3) is 0 Å². The molecule has 1 N–H and O–H groups in total. The minimum absolute atomic E-state index is 0.428. The maximum atomic E-state index is 6.43. The summed E-state index contributed by atoms with van der Waals surface area (Å²) in [4.78, 5) is 11.3. The van der Waals surface area contributed by atoms with E-state index in [-0.39, 0.29) is 0 Å². The molecule has 0 aliphatic carbocycles. The van der Waals surface area contributed by atoms with Crippen LogP contribution in [0, 0.1) is 0 Å². The van der Waals surface area contributed by atoms with E-state index < -0.39 is 0 Å². The highest BCUT2D eigenvalue weighted by atomic mass is 35.5. The minimum Gasteiger partial charge on any atom is -0.494 e. The second kappa shape index (κ2) is 8.41. The summed E-state index contributed by atoms with van der Waals surface area (Å²) >= 11 is 6.43. The number of benzene rings is 1. The van der Waals surface area contributed by atoms with Crippen molar-refractivity contribution in [2.45, 2.75) is 0 Å². The molecule has 4 aromatic rings. The molecule has 1 saturated heterocycles. The Morgan fingerprint density at radius 2 is 1.97 bits per heavy atom. The number of nitrogens with zero attached hydrogens (tertiary/aromatic N) is 6. The summed E-state index contributed by atoms with van der Waals surface area (Å²) in [6.45, 7) is 3.54. The molecule has 157 valence electrons. The molecule has 1 aromatic carbocycles. The number of nitrogens with one attached hydrogen (secondary N) is 1. The van der Waals surface area contributed by atoms with E-state index in [2.05, 4.69) is 36.7 Å². The van der Waals surface area contributed by atoms with Gasteiger partial charge < -0.3 is 15.0 Å². The number of anilines is 3. The zero-order valence-corrected chi connectivity index (χ0v) is 17.8. The van der Waals surface area contributed by atoms with E-state index in [0.29, 0.717) is 16.7 Å². The molecule has 1 aliphatic rings. The average Bonchev–Trinajstić information content (AvgIpc) is 3.25. The monoisotopic (exact) mass is 434 g/mol. The molecule has 0 atom stereocenters. The molecule has 3 aromatic heterocycles. The highest BCUT2D eigenvalue weighted by Crippen LogP contribution is 2.33. The Morgan fingerprint density at radius 3 is 2.81 bits per heavy atom. The van der Waals surface area contributed by atoms with E-state index in [1.165, 1.54) is 0 Å². The zero-order valence-electron chi connectivity index (χ0n) is 17.0. The number of methoxy groups -OCH3 is 1. The largest absolute Gasteiger partial charge is 0.494 e. The van der Waals surface area contributed by atoms with Gasteiger partial charge in [-0.25, -0.2) is 19.8 Å². The van der Waals surface area contributed by atoms with Gasteiger partial charge in [0.05, 0.1) is 41.4 Å². The van der Waals surface area contributed by atoms with Crippen LogP contribution in [0.5, 0.6) is 5.75 Å². The van der Waals surface area contributed by atoms with Gasteiger partial charge in [0.1, 0.15) is 5.75 Å². The van der Waals surface area contributed by atoms with Crippen molar-refractivity contribution < 1.29 is 4.74 Å². The van der Waals surface area contributed by atoms with E-state index in [9.17, 15) is 0 Å². The third kappa shape index (κ3) is 3.87. The van der Waals surface area contributed by atoms with Crippen LogP contribution in [0.1, 0.15) is 0 Å². The number of hydrogen-bond acceptors (Lipinski definition) is 6. The third-order valence-electron chi connectivity index (χ3n) is 5.28. The Labute approximate surface area is 184 Å². The molecule has 1 fully saturated rings. The van der Waals surface area contributed by atoms with Crippen molar-refractivity contribution in [2.24, 2.45) is 0 Å². The van der Waals surface area contributed by atoms with E-state index >= 15 is 0 Å². The van der Waals surface area contributed by atoms with Gasteiger partial charge in [-0.2, -0.15) is 5.10 Å². The van der Waals surface area contributed by atoms with Crippen molar-refractivity contribution in [1.82, 2.24) is 24.9 Å². The first-order chi connectivity index (χ1) is 15.2. The fourth-order valence-electron chi connectivity index (χ4n) is 3.70. The molecule has 0 bridgehead atoms. The second-order valence-corrected chi connectivity index (χ2v) is 7.55. The molecular weight excluding hydrogens is 414 g/mol. The smallest absolute Gasteiger partial charge is 0.227 e. The molecular formula is C22H21ClN7O. The first-order valence-electron chi connectivity index (χ1n) is 10.0. The lowest BCUT2D eigenvalue weighted by Crippen LogP contribution is -2.40. The molecule has 0 unspecified atom stereocenters. The fourth-order valence-corrected chi connectivity index (χ4v) is 3.89. The molecule has 9 heteroatoms. The zero-order chi connectivity index (χ0) is 21.2. The summed E-state index contributed by atoms with van der Waals surface area (Å²) in [5.41, 5.74) is 4.27. The van der Waals surface area contributed by atoms with Gasteiger partial charge in [-0.3, -0.25) is 0 Å². The summed E-state index contributed by atoms with van der Waals surface area (Å²) in [6.07, 6.45) is 5.24. The highest BCUT2D eigenvalue weighted by molar-refractivity contribution is 6.33. The molecule has 1 radical (unpaired) electrons. The SMILES string of the molecule is COc1cc(N2CC[N]CC2)ccc1Nc1ncc(Cl)c(-c2cnn3ccccc23)n1. The van der Waals surface area contributed by atoms with Crippen LogP contribution in [-0.4, -0.2) is 52.9 Å². The van der Waals surface area contributed by atoms with Crippen LogP contribution in [-0.2, 0) is 0 Å². The van der Waals surface area contributed by atoms with Gasteiger partial charge in [0, 0.05) is 49.7 Å². The van der Waals surface area contributed by atoms with Crippen LogP contribution in [0.2, 0.25) is 5.02 Å². The molecule has 0 saturated carbocycles. The Kier molecular flexibility index (Phi) is 5.31. The van der Waals surface area contributed by atoms with Gasteiger partial charge in [-0.05, 0) is 24.3 Å². The lowest BCUT2D eigenvalue weighted by atomic mass is 10.2. The van der Waals surface area contributed by atoms with Crippen molar-refractivity contribution in [3.63, 3.8) is 0 Å². The van der Waals surface area contributed by atoms with Crippen molar-refractivity contribution >= 4 is 34.4 Å². The lowest BCUT2D eigenvalue weighted by Gasteiger charge is -2.29. The number of piperazine rings is 1. The summed E-state index contributed by atoms with van der Waals surface area (Å²) in [7, 11) is 1.66. The van der Waals surface area contributed by atoms with Gasteiger partial charge in [0.15, 0.2) is 0 Å². The van der Waals surface area contributed by atoms with Crippen molar-refractivity contribution in [3.05, 3.63) is 60.0 Å². The van der Waals surface area contributed by atoms with Crippen LogP contribution in [0.4, 0.5) is 17.3 Å². The van der Waals surface area contributed by atoms with Crippen LogP contribution >= 0.6 is 11.6 Å². The van der Waals surface area contributed by atoms with E-state index in [4.69, 9.17) is 16.3 Å². The predicted molar refractivity (Wildman–Crippen MR) is 122 cm³/mol. The molecule has 5 rings (SSSR count). The van der Waals surface area contributed by atoms with Gasteiger partial charge in [0.2, 0.25) is 5.95 Å². The van der Waals surface area contributed by atoms with Gasteiger partial charge in [-0.15, -0.1) is 0 Å². The Bertz CT molecular complexity index is 1220. The Balaban J connectivity index is 1.46. The highest BCUT2D eigenvalue weighted by Gasteiger charge is 2.16. The molecule has 1 aliphatic heterocycles. The Morgan fingerprint density at radius 1 is 1.10 bits per heavy atom. The van der Waals surface area contributed by atoms with Crippen molar-refractivity contribution in [3.8, 4) is 17.0 Å². The molecule has 0 spiro atoms. The molecule has 8 nitrogen and oxygen atoms in total. The van der Waals surface area contributed by atoms with Crippen LogP contribution in [0.3, 0.4) is 0 Å². The number of rotatable bonds is 5. The van der Waals surface area contributed by atoms with Crippen molar-refractivity contribution in [2.75, 3.05) is 43.5 Å². The number of aromatic nitrogens is 4. The van der Waals surface area contributed by atoms with Crippen LogP contribution in [0.15, 0.2) is 55.0 Å². The maximum Gasteiger partial charge on any atom is 0.227 e. The quantitative estimate of drug-likeness (QED) is 0.516. The second-order valence-electron chi connectivity index (χ2n) is 7.15. The maximum absolute atomic E-state index is 6.43. The number of fused-ring (bicyclic) bond motifs is 1. The molecule has 0 amide bonds. The molecule has 4 heterocycles. The fraction of sp³-hybridized carbons (Fsp3) is 0.227. The number of hydrogen-bond donors (Lipinski definition) is 1.